The number of amides is 2. The van der Waals surface area contributed by atoms with E-state index in [9.17, 15) is 19.7 Å². The Hall–Kier alpha value is -4.92. The molecule has 7 rings (SSSR count). The van der Waals surface area contributed by atoms with Crippen molar-refractivity contribution in [3.63, 3.8) is 0 Å². The van der Waals surface area contributed by atoms with Crippen LogP contribution in [0.2, 0.25) is 6.32 Å². The monoisotopic (exact) mass is 652 g/mol. The van der Waals surface area contributed by atoms with Crippen LogP contribution in [-0.4, -0.2) is 35.2 Å². The number of nitrogens with zero attached hydrogens (tertiary/aromatic N) is 1. The minimum Gasteiger partial charge on any atom is -0.508 e. The Labute approximate surface area is 288 Å². The van der Waals surface area contributed by atoms with Gasteiger partial charge in [-0.15, -0.1) is 0 Å². The lowest BCUT2D eigenvalue weighted by molar-refractivity contribution is -0.122. The second-order valence-corrected chi connectivity index (χ2v) is 13.6. The quantitative estimate of drug-likeness (QED) is 0.0732. The van der Waals surface area contributed by atoms with E-state index in [2.05, 4.69) is 37.4 Å². The molecule has 0 bridgehead atoms. The Morgan fingerprint density at radius 2 is 1.59 bits per heavy atom. The summed E-state index contributed by atoms with van der Waals surface area (Å²) >= 11 is 0. The summed E-state index contributed by atoms with van der Waals surface area (Å²) in [5, 5.41) is 24.5. The molecule has 2 saturated heterocycles. The van der Waals surface area contributed by atoms with Crippen LogP contribution in [0.15, 0.2) is 120 Å². The fourth-order valence-corrected chi connectivity index (χ4v) is 7.94. The summed E-state index contributed by atoms with van der Waals surface area (Å²) in [6.45, 7) is 4.27. The van der Waals surface area contributed by atoms with Crippen LogP contribution in [0.25, 0.3) is 11.6 Å². The van der Waals surface area contributed by atoms with Gasteiger partial charge >= 0.3 is 7.12 Å². The number of rotatable bonds is 9. The number of phenols is 1. The average molecular weight is 653 g/mol. The molecule has 2 amide bonds. The zero-order valence-corrected chi connectivity index (χ0v) is 27.8. The number of para-hydroxylation sites is 1. The summed E-state index contributed by atoms with van der Waals surface area (Å²) in [6, 6.07) is 34.6. The van der Waals surface area contributed by atoms with Gasteiger partial charge in [0.25, 0.3) is 0 Å². The van der Waals surface area contributed by atoms with Crippen molar-refractivity contribution in [2.75, 3.05) is 10.2 Å². The van der Waals surface area contributed by atoms with Gasteiger partial charge in [-0.2, -0.15) is 0 Å². The molecule has 4 aromatic rings. The first kappa shape index (κ1) is 32.6. The highest BCUT2D eigenvalue weighted by Gasteiger charge is 2.57. The van der Waals surface area contributed by atoms with Crippen molar-refractivity contribution in [1.82, 2.24) is 0 Å². The Morgan fingerprint density at radius 1 is 0.898 bits per heavy atom. The third kappa shape index (κ3) is 6.71. The van der Waals surface area contributed by atoms with Crippen molar-refractivity contribution in [2.45, 2.75) is 45.5 Å². The van der Waals surface area contributed by atoms with E-state index in [1.807, 2.05) is 84.9 Å². The molecule has 0 unspecified atom stereocenters. The molecule has 3 N–H and O–H groups in total. The molecule has 4 atom stereocenters. The van der Waals surface area contributed by atoms with Gasteiger partial charge in [-0.3, -0.25) is 14.5 Å². The summed E-state index contributed by atoms with van der Waals surface area (Å²) in [6.07, 6.45) is 3.71. The lowest BCUT2D eigenvalue weighted by Gasteiger charge is -2.44. The average Bonchev–Trinajstić information content (AvgIpc) is 3.36. The van der Waals surface area contributed by atoms with Gasteiger partial charge in [0.1, 0.15) is 5.75 Å². The lowest BCUT2D eigenvalue weighted by atomic mass is 9.57. The van der Waals surface area contributed by atoms with Crippen LogP contribution in [-0.2, 0) is 14.2 Å². The molecule has 0 radical (unpaired) electrons. The predicted octanol–water partition coefficient (Wildman–Crippen LogP) is 8.11. The number of phenolic OH excluding ortho intramolecular Hbond substituents is 1. The molecule has 248 valence electrons. The number of fused-ring (bicyclic) bond motifs is 3. The van der Waals surface area contributed by atoms with Crippen molar-refractivity contribution < 1.29 is 24.4 Å². The first-order valence-corrected chi connectivity index (χ1v) is 17.2. The Balaban J connectivity index is 1.16. The van der Waals surface area contributed by atoms with E-state index in [4.69, 9.17) is 4.65 Å². The highest BCUT2D eigenvalue weighted by molar-refractivity contribution is 6.43. The van der Waals surface area contributed by atoms with E-state index in [-0.39, 0.29) is 35.7 Å². The van der Waals surface area contributed by atoms with Crippen molar-refractivity contribution >= 4 is 47.6 Å². The molecule has 7 nitrogen and oxygen atoms in total. The SMILES string of the molecule is CC(C)C1=C2[C@@H](CC/C(=C/c3cccc(O)c3)c3ccccc3)OB(O)C[C@@H]2[C@@H]2C(=O)N(c3ccc(Nc4ccccc4)cc3)C(=O)[C@@H]2C1. The highest BCUT2D eigenvalue weighted by atomic mass is 16.5. The number of imide groups is 1. The van der Waals surface area contributed by atoms with Crippen LogP contribution >= 0.6 is 0 Å². The zero-order chi connectivity index (χ0) is 34.1. The van der Waals surface area contributed by atoms with Gasteiger partial charge in [0.15, 0.2) is 0 Å². The van der Waals surface area contributed by atoms with Crippen LogP contribution in [0.5, 0.6) is 5.75 Å². The first-order valence-electron chi connectivity index (χ1n) is 17.2. The molecule has 2 heterocycles. The number of aromatic hydroxyl groups is 1. The minimum atomic E-state index is -1.04. The number of carbonyl (C=O) groups excluding carboxylic acids is 2. The van der Waals surface area contributed by atoms with Crippen LogP contribution in [0.1, 0.15) is 44.2 Å². The van der Waals surface area contributed by atoms with Gasteiger partial charge < -0.3 is 20.1 Å². The standard InChI is InChI=1S/C41H41BN2O5/c1-26(2)34-24-35-39(41(47)44(40(35)46)32-19-17-31(18-20-32)43-30-13-7-4-8-14-30)36-25-42(48)49-37(38(34)36)21-16-29(28-11-5-3-6-12-28)22-27-10-9-15-33(45)23-27/h3-15,17-20,22-23,26,35-37,39,43,45,48H,16,21,24-25H2,1-2H3/b29-22-/t35-,36+,37-,39-/m1/s1. The molecule has 3 aliphatic rings. The third-order valence-corrected chi connectivity index (χ3v) is 10.2. The molecule has 4 aromatic carbocycles. The lowest BCUT2D eigenvalue weighted by Crippen LogP contribution is -2.46. The van der Waals surface area contributed by atoms with Gasteiger partial charge in [-0.25, -0.2) is 0 Å². The Morgan fingerprint density at radius 3 is 2.29 bits per heavy atom. The normalized spacial score (nSPS) is 22.4. The first-order chi connectivity index (χ1) is 23.8. The number of hydrogen-bond acceptors (Lipinski definition) is 6. The van der Waals surface area contributed by atoms with E-state index >= 15 is 0 Å². The number of benzene rings is 4. The smallest absolute Gasteiger partial charge is 0.455 e. The predicted molar refractivity (Wildman–Crippen MR) is 195 cm³/mol. The number of nitrogens with one attached hydrogen (secondary N) is 1. The molecule has 0 spiro atoms. The van der Waals surface area contributed by atoms with Crippen LogP contribution in [0.4, 0.5) is 17.1 Å². The second-order valence-electron chi connectivity index (χ2n) is 13.6. The molecular formula is C41H41BN2O5. The Kier molecular flexibility index (Phi) is 9.26. The molecule has 2 fully saturated rings. The fourth-order valence-electron chi connectivity index (χ4n) is 7.94. The number of anilines is 3. The van der Waals surface area contributed by atoms with Crippen LogP contribution in [0, 0.1) is 23.7 Å². The molecular weight excluding hydrogens is 611 g/mol. The molecule has 0 aromatic heterocycles. The largest absolute Gasteiger partial charge is 0.508 e. The van der Waals surface area contributed by atoms with Crippen molar-refractivity contribution in [3.8, 4) is 5.75 Å². The van der Waals surface area contributed by atoms with Gasteiger partial charge in [0.05, 0.1) is 23.6 Å². The maximum atomic E-state index is 14.3. The van der Waals surface area contributed by atoms with Crippen molar-refractivity contribution in [3.05, 3.63) is 131 Å². The van der Waals surface area contributed by atoms with E-state index in [0.717, 1.165) is 39.2 Å². The summed E-state index contributed by atoms with van der Waals surface area (Å²) in [4.78, 5) is 29.7. The maximum absolute atomic E-state index is 14.3. The molecule has 2 aliphatic heterocycles. The van der Waals surface area contributed by atoms with Gasteiger partial charge in [0, 0.05) is 11.4 Å². The number of allylic oxidation sites excluding steroid dienone is 2. The second kappa shape index (κ2) is 13.9. The van der Waals surface area contributed by atoms with E-state index in [0.29, 0.717) is 24.9 Å². The molecule has 49 heavy (non-hydrogen) atoms. The van der Waals surface area contributed by atoms with Crippen LogP contribution in [0.3, 0.4) is 0 Å². The van der Waals surface area contributed by atoms with Crippen molar-refractivity contribution in [2.24, 2.45) is 23.7 Å². The maximum Gasteiger partial charge on any atom is 0.455 e. The minimum absolute atomic E-state index is 0.150. The summed E-state index contributed by atoms with van der Waals surface area (Å²) < 4.78 is 6.29. The third-order valence-electron chi connectivity index (χ3n) is 10.2. The fraction of sp³-hybridized carbons (Fsp3) is 0.268. The van der Waals surface area contributed by atoms with Gasteiger partial charge in [-0.1, -0.05) is 86.2 Å². The van der Waals surface area contributed by atoms with Crippen molar-refractivity contribution in [1.29, 1.82) is 0 Å². The highest BCUT2D eigenvalue weighted by Crippen LogP contribution is 2.52. The Bertz CT molecular complexity index is 1890. The number of carbonyl (C=O) groups is 2. The van der Waals surface area contributed by atoms with Gasteiger partial charge in [0.2, 0.25) is 11.8 Å². The number of hydrogen-bond donors (Lipinski definition) is 3. The summed E-state index contributed by atoms with van der Waals surface area (Å²) in [5.41, 5.74) is 7.65. The summed E-state index contributed by atoms with van der Waals surface area (Å²) in [5.74, 6) is -1.34. The van der Waals surface area contributed by atoms with Crippen LogP contribution < -0.4 is 10.2 Å². The molecule has 0 saturated carbocycles. The molecule has 1 aliphatic carbocycles. The van der Waals surface area contributed by atoms with Gasteiger partial charge in [-0.05, 0) is 108 Å². The van der Waals surface area contributed by atoms with E-state index in [1.54, 1.807) is 12.1 Å². The topological polar surface area (TPSA) is 99.1 Å². The zero-order valence-electron chi connectivity index (χ0n) is 27.8. The molecule has 8 heteroatoms. The summed E-state index contributed by atoms with van der Waals surface area (Å²) in [7, 11) is -1.04. The van der Waals surface area contributed by atoms with E-state index in [1.165, 1.54) is 4.90 Å². The van der Waals surface area contributed by atoms with E-state index < -0.39 is 25.1 Å².